The number of rotatable bonds is 3. The zero-order chi connectivity index (χ0) is 11.5. The van der Waals surface area contributed by atoms with E-state index in [9.17, 15) is 4.21 Å². The molecule has 1 rings (SSSR count). The molecule has 1 saturated carbocycles. The molecule has 3 heteroatoms. The number of hydrogen-bond acceptors (Lipinski definition) is 1. The lowest BCUT2D eigenvalue weighted by Gasteiger charge is -2.24. The van der Waals surface area contributed by atoms with E-state index < -0.39 is 11.0 Å². The van der Waals surface area contributed by atoms with Crippen LogP contribution in [-0.4, -0.2) is 15.0 Å². The Morgan fingerprint density at radius 2 is 1.93 bits per heavy atom. The zero-order valence-electron chi connectivity index (χ0n) is 9.88. The molecule has 2 nitrogen and oxygen atoms in total. The summed E-state index contributed by atoms with van der Waals surface area (Å²) in [6.07, 6.45) is 10.4. The fourth-order valence-electron chi connectivity index (χ4n) is 1.85. The van der Waals surface area contributed by atoms with Crippen LogP contribution < -0.4 is 4.72 Å². The molecule has 0 heterocycles. The highest BCUT2D eigenvalue weighted by Crippen LogP contribution is 2.28. The van der Waals surface area contributed by atoms with E-state index in [2.05, 4.69) is 10.6 Å². The van der Waals surface area contributed by atoms with E-state index in [4.69, 9.17) is 6.42 Å². The van der Waals surface area contributed by atoms with Gasteiger partial charge in [-0.05, 0) is 39.5 Å². The van der Waals surface area contributed by atoms with Crippen LogP contribution >= 0.6 is 0 Å². The Morgan fingerprint density at radius 1 is 1.40 bits per heavy atom. The van der Waals surface area contributed by atoms with Crippen molar-refractivity contribution in [3.63, 3.8) is 0 Å². The predicted octanol–water partition coefficient (Wildman–Crippen LogP) is 2.23. The van der Waals surface area contributed by atoms with Gasteiger partial charge in [-0.2, -0.15) is 0 Å². The molecule has 86 valence electrons. The fourth-order valence-corrected chi connectivity index (χ4v) is 2.69. The van der Waals surface area contributed by atoms with Crippen LogP contribution in [0.1, 0.15) is 46.5 Å². The van der Waals surface area contributed by atoms with Gasteiger partial charge in [-0.3, -0.25) is 0 Å². The van der Waals surface area contributed by atoms with Crippen LogP contribution in [0.4, 0.5) is 0 Å². The van der Waals surface area contributed by atoms with Gasteiger partial charge in [0.25, 0.3) is 0 Å². The van der Waals surface area contributed by atoms with Gasteiger partial charge in [-0.15, -0.1) is 6.42 Å². The van der Waals surface area contributed by atoms with Crippen molar-refractivity contribution in [3.8, 4) is 12.3 Å². The summed E-state index contributed by atoms with van der Waals surface area (Å²) in [5.41, 5.74) is 0. The first-order valence-corrected chi connectivity index (χ1v) is 6.74. The molecule has 0 bridgehead atoms. The number of nitrogens with one attached hydrogen (secondary N) is 1. The number of hydrogen-bond donors (Lipinski definition) is 1. The molecule has 15 heavy (non-hydrogen) atoms. The standard InChI is InChI=1S/C12H21NOS/c1-5-11(10-8-6-7-9-10)13-15(14)12(2,3)4/h1,10-11,13H,6-9H2,2-4H3/t11-,15?/m1/s1. The molecule has 0 saturated heterocycles. The first-order valence-electron chi connectivity index (χ1n) is 5.59. The average molecular weight is 227 g/mol. The minimum atomic E-state index is -1.06. The van der Waals surface area contributed by atoms with Crippen LogP contribution in [-0.2, 0) is 11.0 Å². The van der Waals surface area contributed by atoms with Crippen LogP contribution in [0.15, 0.2) is 0 Å². The lowest BCUT2D eigenvalue weighted by Crippen LogP contribution is -2.42. The van der Waals surface area contributed by atoms with Crippen molar-refractivity contribution in [3.05, 3.63) is 0 Å². The third kappa shape index (κ3) is 3.62. The molecule has 0 aromatic heterocycles. The van der Waals surface area contributed by atoms with Crippen molar-refractivity contribution in [1.82, 2.24) is 4.72 Å². The lowest BCUT2D eigenvalue weighted by atomic mass is 10.0. The van der Waals surface area contributed by atoms with Crippen molar-refractivity contribution >= 4 is 11.0 Å². The van der Waals surface area contributed by atoms with Gasteiger partial charge in [0.05, 0.1) is 21.8 Å². The van der Waals surface area contributed by atoms with Crippen LogP contribution in [0.25, 0.3) is 0 Å². The van der Waals surface area contributed by atoms with E-state index in [1.54, 1.807) is 0 Å². The molecule has 0 aromatic rings. The highest BCUT2D eigenvalue weighted by molar-refractivity contribution is 7.84. The summed E-state index contributed by atoms with van der Waals surface area (Å²) in [5, 5.41) is 0. The molecule has 0 amide bonds. The van der Waals surface area contributed by atoms with E-state index in [1.807, 2.05) is 20.8 Å². The first-order chi connectivity index (χ1) is 6.95. The summed E-state index contributed by atoms with van der Waals surface area (Å²) in [6.45, 7) is 5.87. The maximum Gasteiger partial charge on any atom is 0.0981 e. The Kier molecular flexibility index (Phi) is 4.36. The second kappa shape index (κ2) is 5.14. The van der Waals surface area contributed by atoms with Crippen LogP contribution in [0.5, 0.6) is 0 Å². The summed E-state index contributed by atoms with van der Waals surface area (Å²) in [4.78, 5) is 0. The van der Waals surface area contributed by atoms with Gasteiger partial charge in [0.2, 0.25) is 0 Å². The minimum Gasteiger partial charge on any atom is -0.242 e. The second-order valence-corrected chi connectivity index (χ2v) is 7.19. The molecular formula is C12H21NOS. The van der Waals surface area contributed by atoms with Gasteiger partial charge in [0, 0.05) is 0 Å². The summed E-state index contributed by atoms with van der Waals surface area (Å²) >= 11 is 0. The lowest BCUT2D eigenvalue weighted by molar-refractivity contribution is 0.472. The quantitative estimate of drug-likeness (QED) is 0.736. The van der Waals surface area contributed by atoms with Gasteiger partial charge in [0.15, 0.2) is 0 Å². The Labute approximate surface area is 95.8 Å². The summed E-state index contributed by atoms with van der Waals surface area (Å²) in [5.74, 6) is 3.26. The summed E-state index contributed by atoms with van der Waals surface area (Å²) in [7, 11) is -1.06. The molecule has 1 fully saturated rings. The highest BCUT2D eigenvalue weighted by atomic mass is 32.2. The van der Waals surface area contributed by atoms with E-state index in [0.717, 1.165) is 0 Å². The maximum absolute atomic E-state index is 11.9. The van der Waals surface area contributed by atoms with Crippen molar-refractivity contribution in [2.24, 2.45) is 5.92 Å². The van der Waals surface area contributed by atoms with E-state index in [0.29, 0.717) is 5.92 Å². The van der Waals surface area contributed by atoms with Gasteiger partial charge in [0.1, 0.15) is 0 Å². The van der Waals surface area contributed by atoms with Gasteiger partial charge >= 0.3 is 0 Å². The number of terminal acetylenes is 1. The Morgan fingerprint density at radius 3 is 2.33 bits per heavy atom. The average Bonchev–Trinajstić information content (AvgIpc) is 2.64. The third-order valence-corrected chi connectivity index (χ3v) is 4.42. The Hall–Kier alpha value is -0.330. The smallest absolute Gasteiger partial charge is 0.0981 e. The predicted molar refractivity (Wildman–Crippen MR) is 65.6 cm³/mol. The van der Waals surface area contributed by atoms with E-state index in [-0.39, 0.29) is 10.8 Å². The molecule has 0 spiro atoms. The van der Waals surface area contributed by atoms with Crippen LogP contribution in [0, 0.1) is 18.3 Å². The van der Waals surface area contributed by atoms with Crippen molar-refractivity contribution in [2.45, 2.75) is 57.2 Å². The second-order valence-electron chi connectivity index (χ2n) is 5.19. The van der Waals surface area contributed by atoms with Gasteiger partial charge in [-0.25, -0.2) is 8.93 Å². The summed E-state index contributed by atoms with van der Waals surface area (Å²) in [6, 6.07) is -0.0208. The normalized spacial score (nSPS) is 22.3. The molecule has 2 atom stereocenters. The fraction of sp³-hybridized carbons (Fsp3) is 0.833. The maximum atomic E-state index is 11.9. The summed E-state index contributed by atoms with van der Waals surface area (Å²) < 4.78 is 14.7. The molecule has 0 radical (unpaired) electrons. The largest absolute Gasteiger partial charge is 0.242 e. The SMILES string of the molecule is C#C[C@@H](NS(=O)C(C)(C)C)C1CCCC1. The minimum absolute atomic E-state index is 0.0208. The van der Waals surface area contributed by atoms with Gasteiger partial charge < -0.3 is 0 Å². The third-order valence-electron chi connectivity index (χ3n) is 2.84. The molecule has 1 unspecified atom stereocenters. The van der Waals surface area contributed by atoms with Gasteiger partial charge in [-0.1, -0.05) is 18.8 Å². The molecule has 0 aromatic carbocycles. The monoisotopic (exact) mass is 227 g/mol. The van der Waals surface area contributed by atoms with Crippen LogP contribution in [0.3, 0.4) is 0 Å². The molecular weight excluding hydrogens is 206 g/mol. The zero-order valence-corrected chi connectivity index (χ0v) is 10.7. The molecule has 1 aliphatic carbocycles. The highest BCUT2D eigenvalue weighted by Gasteiger charge is 2.28. The molecule has 1 N–H and O–H groups in total. The van der Waals surface area contributed by atoms with E-state index >= 15 is 0 Å². The molecule has 1 aliphatic rings. The molecule has 0 aliphatic heterocycles. The Balaban J connectivity index is 2.54. The topological polar surface area (TPSA) is 29.1 Å². The van der Waals surface area contributed by atoms with E-state index in [1.165, 1.54) is 25.7 Å². The Bertz CT molecular complexity index is 268. The van der Waals surface area contributed by atoms with Crippen LogP contribution in [0.2, 0.25) is 0 Å². The first kappa shape index (κ1) is 12.7. The van der Waals surface area contributed by atoms with Crippen molar-refractivity contribution in [2.75, 3.05) is 0 Å². The van der Waals surface area contributed by atoms with Crippen molar-refractivity contribution in [1.29, 1.82) is 0 Å². The van der Waals surface area contributed by atoms with Crippen molar-refractivity contribution < 1.29 is 4.21 Å².